The molecule has 1 N–H and O–H groups in total. The summed E-state index contributed by atoms with van der Waals surface area (Å²) in [6, 6.07) is 6.16. The Bertz CT molecular complexity index is 943. The molecule has 0 aliphatic heterocycles. The number of alkyl halides is 3. The van der Waals surface area contributed by atoms with Crippen molar-refractivity contribution in [2.24, 2.45) is 0 Å². The molecule has 2 rings (SSSR count). The van der Waals surface area contributed by atoms with Gasteiger partial charge in [-0.25, -0.2) is 17.2 Å². The first-order valence-corrected chi connectivity index (χ1v) is 8.19. The zero-order valence-electron chi connectivity index (χ0n) is 12.4. The summed E-state index contributed by atoms with van der Waals surface area (Å²) in [7, 11) is -4.27. The number of nitrogens with one attached hydrogen (secondary N) is 1. The van der Waals surface area contributed by atoms with Gasteiger partial charge in [-0.05, 0) is 30.3 Å². The molecule has 0 amide bonds. The van der Waals surface area contributed by atoms with Gasteiger partial charge in [-0.3, -0.25) is 0 Å². The van der Waals surface area contributed by atoms with E-state index in [4.69, 9.17) is 0 Å². The highest BCUT2D eigenvalue weighted by Gasteiger charge is 2.30. The van der Waals surface area contributed by atoms with Gasteiger partial charge in [0.25, 0.3) is 0 Å². The highest BCUT2D eigenvalue weighted by molar-refractivity contribution is 7.89. The maximum absolute atomic E-state index is 13.5. The zero-order chi connectivity index (χ0) is 18.7. The van der Waals surface area contributed by atoms with E-state index < -0.39 is 44.8 Å². The highest BCUT2D eigenvalue weighted by Crippen LogP contribution is 2.29. The Morgan fingerprint density at radius 2 is 1.76 bits per heavy atom. The molecule has 0 aromatic heterocycles. The van der Waals surface area contributed by atoms with Crippen LogP contribution in [0.1, 0.15) is 11.1 Å². The maximum Gasteiger partial charge on any atom is 0.416 e. The summed E-state index contributed by atoms with van der Waals surface area (Å²) in [5.74, 6) is 2.51. The van der Waals surface area contributed by atoms with E-state index in [2.05, 4.69) is 11.8 Å². The van der Waals surface area contributed by atoms with Gasteiger partial charge in [-0.1, -0.05) is 17.9 Å². The van der Waals surface area contributed by atoms with Crippen molar-refractivity contribution in [2.75, 3.05) is 6.54 Å². The van der Waals surface area contributed by atoms with Crippen LogP contribution in [0.3, 0.4) is 0 Å². The third kappa shape index (κ3) is 5.01. The quantitative estimate of drug-likeness (QED) is 0.661. The molecule has 25 heavy (non-hydrogen) atoms. The van der Waals surface area contributed by atoms with Crippen LogP contribution in [0.5, 0.6) is 0 Å². The first kappa shape index (κ1) is 18.9. The van der Waals surface area contributed by atoms with E-state index >= 15 is 0 Å². The minimum Gasteiger partial charge on any atom is -0.207 e. The summed E-state index contributed by atoms with van der Waals surface area (Å²) in [5.41, 5.74) is -0.838. The van der Waals surface area contributed by atoms with Crippen molar-refractivity contribution >= 4 is 10.0 Å². The Kier molecular flexibility index (Phi) is 5.45. The minimum atomic E-state index is -4.51. The van der Waals surface area contributed by atoms with Gasteiger partial charge in [0.15, 0.2) is 0 Å². The van der Waals surface area contributed by atoms with Crippen LogP contribution in [0.2, 0.25) is 0 Å². The second-order valence-electron chi connectivity index (χ2n) is 4.78. The van der Waals surface area contributed by atoms with Crippen LogP contribution in [-0.2, 0) is 16.2 Å². The Hall–Kier alpha value is -2.44. The lowest BCUT2D eigenvalue weighted by Gasteiger charge is -2.06. The van der Waals surface area contributed by atoms with Gasteiger partial charge in [-0.15, -0.1) is 0 Å². The molecule has 0 saturated carbocycles. The number of hydrogen-bond acceptors (Lipinski definition) is 2. The molecule has 2 aromatic rings. The molecule has 9 heteroatoms. The summed E-state index contributed by atoms with van der Waals surface area (Å²) in [6.45, 7) is -0.463. The Labute approximate surface area is 140 Å². The molecule has 0 heterocycles. The lowest BCUT2D eigenvalue weighted by molar-refractivity contribution is -0.137. The summed E-state index contributed by atoms with van der Waals surface area (Å²) < 4.78 is 89.7. The van der Waals surface area contributed by atoms with Crippen molar-refractivity contribution in [3.63, 3.8) is 0 Å². The molecule has 0 spiro atoms. The molecular formula is C16H10F5NO2S. The Balaban J connectivity index is 2.10. The van der Waals surface area contributed by atoms with Crippen LogP contribution in [-0.4, -0.2) is 15.0 Å². The number of sulfonamides is 1. The van der Waals surface area contributed by atoms with E-state index in [0.29, 0.717) is 6.07 Å². The van der Waals surface area contributed by atoms with Crippen LogP contribution in [0.25, 0.3) is 0 Å². The summed E-state index contributed by atoms with van der Waals surface area (Å²) in [6.07, 6.45) is -4.51. The third-order valence-electron chi connectivity index (χ3n) is 2.96. The van der Waals surface area contributed by atoms with Gasteiger partial charge in [0, 0.05) is 11.6 Å². The van der Waals surface area contributed by atoms with E-state index in [1.165, 1.54) is 12.1 Å². The molecule has 0 unspecified atom stereocenters. The van der Waals surface area contributed by atoms with Crippen molar-refractivity contribution in [3.05, 3.63) is 65.2 Å². The molecule has 0 aliphatic rings. The molecule has 132 valence electrons. The van der Waals surface area contributed by atoms with E-state index in [1.807, 2.05) is 4.72 Å². The lowest BCUT2D eigenvalue weighted by Crippen LogP contribution is -2.25. The second kappa shape index (κ2) is 7.21. The van der Waals surface area contributed by atoms with E-state index in [0.717, 1.165) is 24.3 Å². The Morgan fingerprint density at radius 3 is 2.40 bits per heavy atom. The molecule has 0 bridgehead atoms. The van der Waals surface area contributed by atoms with E-state index in [9.17, 15) is 30.4 Å². The molecule has 3 nitrogen and oxygen atoms in total. The largest absolute Gasteiger partial charge is 0.416 e. The van der Waals surface area contributed by atoms with E-state index in [1.54, 1.807) is 0 Å². The van der Waals surface area contributed by atoms with Gasteiger partial charge >= 0.3 is 6.18 Å². The van der Waals surface area contributed by atoms with Crippen LogP contribution in [0.15, 0.2) is 47.4 Å². The summed E-state index contributed by atoms with van der Waals surface area (Å²) in [5, 5.41) is 0. The molecule has 0 atom stereocenters. The number of halogens is 5. The smallest absolute Gasteiger partial charge is 0.207 e. The summed E-state index contributed by atoms with van der Waals surface area (Å²) in [4.78, 5) is -0.755. The van der Waals surface area contributed by atoms with Crippen LogP contribution in [0, 0.1) is 23.5 Å². The third-order valence-corrected chi connectivity index (χ3v) is 4.39. The standard InChI is InChI=1S/C16H10F5NO2S/c17-13-6-7-15(14(18)10-13)25(23,24)22-8-2-4-11-3-1-5-12(9-11)16(19,20)21/h1,3,5-7,9-10,22H,8H2. The topological polar surface area (TPSA) is 46.2 Å². The van der Waals surface area contributed by atoms with Gasteiger partial charge in [-0.2, -0.15) is 17.9 Å². The van der Waals surface area contributed by atoms with Gasteiger partial charge in [0.05, 0.1) is 12.1 Å². The van der Waals surface area contributed by atoms with Crippen LogP contribution < -0.4 is 4.72 Å². The number of benzene rings is 2. The van der Waals surface area contributed by atoms with Gasteiger partial charge < -0.3 is 0 Å². The van der Waals surface area contributed by atoms with Gasteiger partial charge in [0.1, 0.15) is 16.5 Å². The van der Waals surface area contributed by atoms with Crippen molar-refractivity contribution in [1.82, 2.24) is 4.72 Å². The van der Waals surface area contributed by atoms with Gasteiger partial charge in [0.2, 0.25) is 10.0 Å². The normalized spacial score (nSPS) is 11.7. The monoisotopic (exact) mass is 375 g/mol. The molecule has 2 aromatic carbocycles. The maximum atomic E-state index is 13.5. The fourth-order valence-electron chi connectivity index (χ4n) is 1.82. The Morgan fingerprint density at radius 1 is 1.04 bits per heavy atom. The molecule has 0 radical (unpaired) electrons. The molecule has 0 fully saturated rings. The second-order valence-corrected chi connectivity index (χ2v) is 6.52. The SMILES string of the molecule is O=S(=O)(NCC#Cc1cccc(C(F)(F)F)c1)c1ccc(F)cc1F. The first-order chi connectivity index (χ1) is 11.6. The molecular weight excluding hydrogens is 365 g/mol. The van der Waals surface area contributed by atoms with Crippen molar-refractivity contribution in [3.8, 4) is 11.8 Å². The molecule has 0 saturated heterocycles. The fourth-order valence-corrected chi connectivity index (χ4v) is 2.80. The number of rotatable bonds is 3. The van der Waals surface area contributed by atoms with Crippen LogP contribution in [0.4, 0.5) is 22.0 Å². The predicted molar refractivity (Wildman–Crippen MR) is 79.9 cm³/mol. The highest BCUT2D eigenvalue weighted by atomic mass is 32.2. The van der Waals surface area contributed by atoms with Crippen molar-refractivity contribution in [2.45, 2.75) is 11.1 Å². The first-order valence-electron chi connectivity index (χ1n) is 6.70. The van der Waals surface area contributed by atoms with Crippen molar-refractivity contribution < 1.29 is 30.4 Å². The molecule has 0 aliphatic carbocycles. The fraction of sp³-hybridized carbons (Fsp3) is 0.125. The zero-order valence-corrected chi connectivity index (χ0v) is 13.2. The predicted octanol–water partition coefficient (Wildman–Crippen LogP) is 3.31. The number of hydrogen-bond donors (Lipinski definition) is 1. The lowest BCUT2D eigenvalue weighted by atomic mass is 10.1. The average Bonchev–Trinajstić information content (AvgIpc) is 2.51. The van der Waals surface area contributed by atoms with Crippen LogP contribution >= 0.6 is 0 Å². The minimum absolute atomic E-state index is 0.0435. The van der Waals surface area contributed by atoms with Crippen molar-refractivity contribution in [1.29, 1.82) is 0 Å². The summed E-state index contributed by atoms with van der Waals surface area (Å²) >= 11 is 0. The average molecular weight is 375 g/mol. The van der Waals surface area contributed by atoms with E-state index in [-0.39, 0.29) is 5.56 Å².